The molecule has 3 aliphatic rings. The lowest BCUT2D eigenvalue weighted by molar-refractivity contribution is 0.455. The molecule has 16 rings (SSSR count). The van der Waals surface area contributed by atoms with Crippen molar-refractivity contribution in [2.45, 2.75) is 36.0 Å². The largest absolute Gasteiger partial charge is 0.455 e. The lowest BCUT2D eigenvalue weighted by Gasteiger charge is -2.42. The minimum atomic E-state index is -0.199. The summed E-state index contributed by atoms with van der Waals surface area (Å²) >= 11 is 5.63. The molecule has 0 aliphatic carbocycles. The maximum atomic E-state index is 7.02. The third-order valence-electron chi connectivity index (χ3n) is 15.5. The molecule has 8 heteroatoms. The SMILES string of the molecule is CC(C)(C)c1ccc(N2c3cc4c(cc3B3c5c(cc6sc7ccccc7c6c52)-c2cc(N(c5ccccc5)c5ccccc5)cc5c6sc7ccccc7c6n3c25)Oc2ccccc2S4)c(-c2ccccc2)c1. The van der Waals surface area contributed by atoms with E-state index < -0.39 is 0 Å². The van der Waals surface area contributed by atoms with Crippen LogP contribution in [-0.2, 0) is 5.41 Å². The van der Waals surface area contributed by atoms with E-state index in [1.54, 1.807) is 11.8 Å². The molecule has 13 aromatic rings. The third-order valence-corrected chi connectivity index (χ3v) is 18.9. The van der Waals surface area contributed by atoms with E-state index in [2.05, 4.69) is 247 Å². The zero-order valence-corrected chi connectivity index (χ0v) is 43.2. The molecular weight excluding hydrogens is 958 g/mol. The van der Waals surface area contributed by atoms with Crippen molar-refractivity contribution in [2.24, 2.45) is 0 Å². The first-order valence-corrected chi connectivity index (χ1v) is 27.8. The average Bonchev–Trinajstić information content (AvgIpc) is 4.11. The van der Waals surface area contributed by atoms with Crippen LogP contribution in [-0.4, -0.2) is 11.3 Å². The van der Waals surface area contributed by atoms with Gasteiger partial charge in [0.1, 0.15) is 11.5 Å². The number of benzene rings is 10. The Morgan fingerprint density at radius 3 is 1.92 bits per heavy atom. The molecule has 350 valence electrons. The molecule has 0 unspecified atom stereocenters. The summed E-state index contributed by atoms with van der Waals surface area (Å²) in [5, 5.41) is 5.10. The highest BCUT2D eigenvalue weighted by Gasteiger charge is 2.46. The molecule has 0 fully saturated rings. The van der Waals surface area contributed by atoms with Crippen LogP contribution in [0.3, 0.4) is 0 Å². The monoisotopic (exact) mass is 1000 g/mol. The first-order chi connectivity index (χ1) is 36.3. The molecule has 0 saturated carbocycles. The normalized spacial score (nSPS) is 13.3. The summed E-state index contributed by atoms with van der Waals surface area (Å²) in [7, 11) is 0. The fraction of sp³-hybridized carbons (Fsp3) is 0.0606. The Balaban J connectivity index is 1.10. The lowest BCUT2D eigenvalue weighted by Crippen LogP contribution is -2.56. The van der Waals surface area contributed by atoms with E-state index in [1.807, 2.05) is 22.7 Å². The van der Waals surface area contributed by atoms with Crippen molar-refractivity contribution in [3.05, 3.63) is 218 Å². The molecule has 74 heavy (non-hydrogen) atoms. The van der Waals surface area contributed by atoms with E-state index in [9.17, 15) is 0 Å². The maximum Gasteiger partial charge on any atom is 0.333 e. The molecule has 10 aromatic carbocycles. The number of hydrogen-bond acceptors (Lipinski definition) is 6. The number of rotatable bonds is 5. The highest BCUT2D eigenvalue weighted by Crippen LogP contribution is 2.57. The standard InChI is InChI=1S/C66H44BN3OS3/c1-66(2,3)40-31-32-51(46(33-40)39-19-7-4-8-20-39)69-52-38-58-54(71-53-27-15-18-30-57(53)73-58)37-50(52)67-61-47(36-59-60(64(61)69)44-25-13-16-28-55(44)72-59)48-34-43(68(41-21-9-5-10-22-41)42-23-11-6-12-24-42)35-49-62(48)70(67)63-45-26-14-17-29-56(45)74-65(49)63/h4-38H,1-3H3. The molecule has 0 amide bonds. The van der Waals surface area contributed by atoms with Gasteiger partial charge in [-0.15, -0.1) is 22.7 Å². The van der Waals surface area contributed by atoms with Crippen LogP contribution < -0.4 is 25.5 Å². The highest BCUT2D eigenvalue weighted by atomic mass is 32.2. The van der Waals surface area contributed by atoms with Gasteiger partial charge in [-0.1, -0.05) is 154 Å². The molecule has 3 aromatic heterocycles. The molecule has 0 radical (unpaired) electrons. The lowest BCUT2D eigenvalue weighted by atomic mass is 9.45. The molecule has 6 heterocycles. The Labute approximate surface area is 441 Å². The van der Waals surface area contributed by atoms with E-state index in [1.165, 1.54) is 101 Å². The zero-order valence-electron chi connectivity index (χ0n) is 40.8. The van der Waals surface area contributed by atoms with Gasteiger partial charge in [0.25, 0.3) is 0 Å². The minimum Gasteiger partial charge on any atom is -0.455 e. The van der Waals surface area contributed by atoms with Crippen molar-refractivity contribution in [3.63, 3.8) is 0 Å². The fourth-order valence-electron chi connectivity index (χ4n) is 12.3. The van der Waals surface area contributed by atoms with Crippen molar-refractivity contribution in [1.82, 2.24) is 4.48 Å². The maximum absolute atomic E-state index is 7.02. The van der Waals surface area contributed by atoms with Crippen LogP contribution in [0.2, 0.25) is 0 Å². The predicted octanol–water partition coefficient (Wildman–Crippen LogP) is 18.5. The molecule has 0 bridgehead atoms. The molecule has 0 saturated heterocycles. The number of nitrogens with zero attached hydrogens (tertiary/aromatic N) is 3. The van der Waals surface area contributed by atoms with E-state index in [-0.39, 0.29) is 12.3 Å². The predicted molar refractivity (Wildman–Crippen MR) is 318 cm³/mol. The first kappa shape index (κ1) is 42.5. The summed E-state index contributed by atoms with van der Waals surface area (Å²) in [5.74, 6) is 1.79. The van der Waals surface area contributed by atoms with Gasteiger partial charge < -0.3 is 19.0 Å². The number of thiophene rings is 2. The Kier molecular flexibility index (Phi) is 9.05. The second-order valence-electron chi connectivity index (χ2n) is 20.8. The number of aromatic nitrogens is 1. The first-order valence-electron chi connectivity index (χ1n) is 25.3. The van der Waals surface area contributed by atoms with E-state index >= 15 is 0 Å². The van der Waals surface area contributed by atoms with Crippen LogP contribution >= 0.6 is 34.4 Å². The summed E-state index contributed by atoms with van der Waals surface area (Å²) < 4.78 is 14.9. The Hall–Kier alpha value is -8.01. The number of anilines is 6. The molecule has 3 aliphatic heterocycles. The molecule has 0 atom stereocenters. The summed E-state index contributed by atoms with van der Waals surface area (Å²) in [6, 6.07) is 78.9. The second kappa shape index (κ2) is 15.8. The molecule has 0 spiro atoms. The Morgan fingerprint density at radius 2 is 1.16 bits per heavy atom. The van der Waals surface area contributed by atoms with Crippen LogP contribution in [0, 0.1) is 0 Å². The van der Waals surface area contributed by atoms with Crippen LogP contribution in [0.4, 0.5) is 34.1 Å². The van der Waals surface area contributed by atoms with Gasteiger partial charge in [-0.2, -0.15) is 0 Å². The summed E-state index contributed by atoms with van der Waals surface area (Å²) in [4.78, 5) is 7.34. The van der Waals surface area contributed by atoms with Crippen molar-refractivity contribution >= 4 is 138 Å². The van der Waals surface area contributed by atoms with Gasteiger partial charge in [0.15, 0.2) is 0 Å². The van der Waals surface area contributed by atoms with Gasteiger partial charge in [-0.3, -0.25) is 0 Å². The van der Waals surface area contributed by atoms with Crippen LogP contribution in [0.1, 0.15) is 26.3 Å². The topological polar surface area (TPSA) is 20.6 Å². The quantitative estimate of drug-likeness (QED) is 0.160. The average molecular weight is 1000 g/mol. The number of fused-ring (bicyclic) bond motifs is 15. The summed E-state index contributed by atoms with van der Waals surface area (Å²) in [6.45, 7) is 6.77. The third kappa shape index (κ3) is 6.10. The van der Waals surface area contributed by atoms with Crippen molar-refractivity contribution < 1.29 is 4.74 Å². The van der Waals surface area contributed by atoms with Crippen LogP contribution in [0.15, 0.2) is 222 Å². The highest BCUT2D eigenvalue weighted by molar-refractivity contribution is 7.99. The van der Waals surface area contributed by atoms with E-state index in [0.29, 0.717) is 0 Å². The smallest absolute Gasteiger partial charge is 0.333 e. The van der Waals surface area contributed by atoms with E-state index in [4.69, 9.17) is 4.74 Å². The van der Waals surface area contributed by atoms with Gasteiger partial charge in [0.05, 0.1) is 31.4 Å². The van der Waals surface area contributed by atoms with Gasteiger partial charge >= 0.3 is 6.85 Å². The molecular formula is C66H44BN3OS3. The number of para-hydroxylation sites is 3. The molecule has 0 N–H and O–H groups in total. The van der Waals surface area contributed by atoms with Crippen molar-refractivity contribution in [3.8, 4) is 33.8 Å². The number of hydrogen-bond donors (Lipinski definition) is 0. The summed E-state index contributed by atoms with van der Waals surface area (Å²) in [6.07, 6.45) is 0. The van der Waals surface area contributed by atoms with Gasteiger partial charge in [0, 0.05) is 75.0 Å². The van der Waals surface area contributed by atoms with Gasteiger partial charge in [-0.25, -0.2) is 0 Å². The second-order valence-corrected chi connectivity index (χ2v) is 24.0. The van der Waals surface area contributed by atoms with Crippen molar-refractivity contribution in [1.29, 1.82) is 0 Å². The van der Waals surface area contributed by atoms with Crippen LogP contribution in [0.5, 0.6) is 11.5 Å². The van der Waals surface area contributed by atoms with Crippen molar-refractivity contribution in [2.75, 3.05) is 9.80 Å². The Morgan fingerprint density at radius 1 is 0.486 bits per heavy atom. The summed E-state index contributed by atoms with van der Waals surface area (Å²) in [5.41, 5.74) is 18.1. The van der Waals surface area contributed by atoms with Gasteiger partial charge in [-0.05, 0) is 124 Å². The van der Waals surface area contributed by atoms with Crippen LogP contribution in [0.25, 0.3) is 73.6 Å². The number of ether oxygens (including phenoxy) is 1. The zero-order chi connectivity index (χ0) is 49.0. The van der Waals surface area contributed by atoms with Gasteiger partial charge in [0.2, 0.25) is 0 Å². The fourth-order valence-corrected chi connectivity index (χ4v) is 15.6. The Bertz CT molecular complexity index is 4460. The molecule has 4 nitrogen and oxygen atoms in total. The minimum absolute atomic E-state index is 0.0700. The van der Waals surface area contributed by atoms with E-state index in [0.717, 1.165) is 44.0 Å².